The Bertz CT molecular complexity index is 154. The van der Waals surface area contributed by atoms with Crippen LogP contribution in [-0.4, -0.2) is 36.2 Å². The van der Waals surface area contributed by atoms with Crippen LogP contribution < -0.4 is 5.73 Å². The van der Waals surface area contributed by atoms with Gasteiger partial charge in [0.2, 0.25) is 0 Å². The molecule has 1 fully saturated rings. The number of hydrogen-bond acceptors (Lipinski definition) is 2. The standard InChI is InChI=1S/C9H19FN2/c1-8(2,11)9(10)4-6-12(3)7-5-9/h4-7,11H2,1-3H3. The number of hydrogen-bond donors (Lipinski definition) is 1. The minimum atomic E-state index is -1.17. The van der Waals surface area contributed by atoms with E-state index in [4.69, 9.17) is 5.73 Å². The van der Waals surface area contributed by atoms with Crippen LogP contribution in [0.5, 0.6) is 0 Å². The zero-order valence-corrected chi connectivity index (χ0v) is 8.23. The van der Waals surface area contributed by atoms with Gasteiger partial charge >= 0.3 is 0 Å². The molecule has 1 saturated heterocycles. The van der Waals surface area contributed by atoms with E-state index in [0.717, 1.165) is 13.1 Å². The molecule has 0 aromatic carbocycles. The number of piperidine rings is 1. The summed E-state index contributed by atoms with van der Waals surface area (Å²) < 4.78 is 14.1. The third-order valence-corrected chi connectivity index (χ3v) is 2.93. The summed E-state index contributed by atoms with van der Waals surface area (Å²) >= 11 is 0. The van der Waals surface area contributed by atoms with Crippen LogP contribution in [0, 0.1) is 0 Å². The molecule has 0 aromatic heterocycles. The maximum absolute atomic E-state index is 14.1. The van der Waals surface area contributed by atoms with Crippen molar-refractivity contribution >= 4 is 0 Å². The fourth-order valence-electron chi connectivity index (χ4n) is 1.62. The van der Waals surface area contributed by atoms with E-state index in [1.54, 1.807) is 13.8 Å². The van der Waals surface area contributed by atoms with Crippen LogP contribution in [-0.2, 0) is 0 Å². The normalized spacial score (nSPS) is 25.8. The van der Waals surface area contributed by atoms with E-state index < -0.39 is 11.2 Å². The smallest absolute Gasteiger partial charge is 0.130 e. The number of rotatable bonds is 1. The largest absolute Gasteiger partial charge is 0.323 e. The van der Waals surface area contributed by atoms with Crippen molar-refractivity contribution in [3.8, 4) is 0 Å². The van der Waals surface area contributed by atoms with Crippen LogP contribution in [0.3, 0.4) is 0 Å². The summed E-state index contributed by atoms with van der Waals surface area (Å²) in [6.07, 6.45) is 1.12. The maximum atomic E-state index is 14.1. The van der Waals surface area contributed by atoms with Crippen molar-refractivity contribution in [2.75, 3.05) is 20.1 Å². The lowest BCUT2D eigenvalue weighted by Gasteiger charge is -2.42. The number of nitrogens with zero attached hydrogens (tertiary/aromatic N) is 1. The van der Waals surface area contributed by atoms with Crippen molar-refractivity contribution in [1.29, 1.82) is 0 Å². The molecule has 0 spiro atoms. The highest BCUT2D eigenvalue weighted by Gasteiger charge is 2.44. The SMILES string of the molecule is CN1CCC(F)(C(C)(C)N)CC1. The summed E-state index contributed by atoms with van der Waals surface area (Å²) in [5.74, 6) is 0. The highest BCUT2D eigenvalue weighted by atomic mass is 19.1. The minimum Gasteiger partial charge on any atom is -0.323 e. The third kappa shape index (κ3) is 1.77. The topological polar surface area (TPSA) is 29.3 Å². The number of halogens is 1. The Morgan fingerprint density at radius 1 is 1.33 bits per heavy atom. The van der Waals surface area contributed by atoms with Gasteiger partial charge in [-0.25, -0.2) is 4.39 Å². The first-order valence-corrected chi connectivity index (χ1v) is 4.51. The lowest BCUT2D eigenvalue weighted by molar-refractivity contribution is 0.0114. The van der Waals surface area contributed by atoms with E-state index in [1.165, 1.54) is 0 Å². The van der Waals surface area contributed by atoms with E-state index in [0.29, 0.717) is 12.8 Å². The molecule has 0 aromatic rings. The lowest BCUT2D eigenvalue weighted by Crippen LogP contribution is -2.57. The number of alkyl halides is 1. The van der Waals surface area contributed by atoms with Gasteiger partial charge in [-0.15, -0.1) is 0 Å². The van der Waals surface area contributed by atoms with Crippen LogP contribution in [0.25, 0.3) is 0 Å². The van der Waals surface area contributed by atoms with Crippen molar-refractivity contribution in [2.24, 2.45) is 5.73 Å². The van der Waals surface area contributed by atoms with Crippen LogP contribution in [0.2, 0.25) is 0 Å². The first-order chi connectivity index (χ1) is 5.35. The van der Waals surface area contributed by atoms with E-state index in [2.05, 4.69) is 4.90 Å². The molecule has 1 aliphatic rings. The number of nitrogens with two attached hydrogens (primary N) is 1. The van der Waals surface area contributed by atoms with Crippen LogP contribution in [0.4, 0.5) is 4.39 Å². The summed E-state index contributed by atoms with van der Waals surface area (Å²) in [5, 5.41) is 0. The molecular formula is C9H19FN2. The summed E-state index contributed by atoms with van der Waals surface area (Å²) in [6, 6.07) is 0. The fourth-order valence-corrected chi connectivity index (χ4v) is 1.62. The van der Waals surface area contributed by atoms with Crippen LogP contribution >= 0.6 is 0 Å². The zero-order chi connectivity index (χ0) is 9.41. The molecule has 0 saturated carbocycles. The van der Waals surface area contributed by atoms with Gasteiger partial charge in [0.15, 0.2) is 0 Å². The molecule has 3 heteroatoms. The molecule has 2 N–H and O–H groups in total. The van der Waals surface area contributed by atoms with Gasteiger partial charge in [-0.05, 0) is 33.7 Å². The Balaban J connectivity index is 2.62. The molecule has 1 aliphatic heterocycles. The van der Waals surface area contributed by atoms with Crippen molar-refractivity contribution in [3.63, 3.8) is 0 Å². The first-order valence-electron chi connectivity index (χ1n) is 4.51. The zero-order valence-electron chi connectivity index (χ0n) is 8.23. The third-order valence-electron chi connectivity index (χ3n) is 2.93. The predicted molar refractivity (Wildman–Crippen MR) is 48.8 cm³/mol. The lowest BCUT2D eigenvalue weighted by atomic mass is 9.78. The monoisotopic (exact) mass is 174 g/mol. The van der Waals surface area contributed by atoms with E-state index in [1.807, 2.05) is 7.05 Å². The Morgan fingerprint density at radius 3 is 2.08 bits per heavy atom. The van der Waals surface area contributed by atoms with E-state index in [-0.39, 0.29) is 0 Å². The molecular weight excluding hydrogens is 155 g/mol. The molecule has 0 aliphatic carbocycles. The van der Waals surface area contributed by atoms with Crippen molar-refractivity contribution < 1.29 is 4.39 Å². The molecule has 0 atom stereocenters. The van der Waals surface area contributed by atoms with E-state index in [9.17, 15) is 4.39 Å². The summed E-state index contributed by atoms with van der Waals surface area (Å²) in [4.78, 5) is 2.14. The Labute approximate surface area is 73.9 Å². The molecule has 2 nitrogen and oxygen atoms in total. The molecule has 0 amide bonds. The van der Waals surface area contributed by atoms with E-state index >= 15 is 0 Å². The van der Waals surface area contributed by atoms with Gasteiger partial charge in [-0.2, -0.15) is 0 Å². The van der Waals surface area contributed by atoms with Crippen molar-refractivity contribution in [1.82, 2.24) is 4.90 Å². The molecule has 0 unspecified atom stereocenters. The Morgan fingerprint density at radius 2 is 1.75 bits per heavy atom. The van der Waals surface area contributed by atoms with Gasteiger partial charge in [0, 0.05) is 18.6 Å². The highest BCUT2D eigenvalue weighted by molar-refractivity contribution is 5.00. The second kappa shape index (κ2) is 2.96. The average Bonchev–Trinajstić information content (AvgIpc) is 1.93. The molecule has 12 heavy (non-hydrogen) atoms. The highest BCUT2D eigenvalue weighted by Crippen LogP contribution is 2.34. The van der Waals surface area contributed by atoms with Gasteiger partial charge < -0.3 is 10.6 Å². The Kier molecular flexibility index (Phi) is 2.45. The molecule has 0 radical (unpaired) electrons. The predicted octanol–water partition coefficient (Wildman–Crippen LogP) is 1.16. The molecule has 0 bridgehead atoms. The Hall–Kier alpha value is -0.150. The second-order valence-electron chi connectivity index (χ2n) is 4.49. The van der Waals surface area contributed by atoms with Crippen molar-refractivity contribution in [2.45, 2.75) is 37.9 Å². The van der Waals surface area contributed by atoms with Crippen LogP contribution in [0.1, 0.15) is 26.7 Å². The first kappa shape index (κ1) is 9.93. The van der Waals surface area contributed by atoms with Gasteiger partial charge in [0.1, 0.15) is 5.67 Å². The summed E-state index contributed by atoms with van der Waals surface area (Å²) in [6.45, 7) is 5.19. The fraction of sp³-hybridized carbons (Fsp3) is 1.00. The number of likely N-dealkylation sites (tertiary alicyclic amines) is 1. The van der Waals surface area contributed by atoms with Gasteiger partial charge in [0.25, 0.3) is 0 Å². The van der Waals surface area contributed by atoms with Gasteiger partial charge in [-0.1, -0.05) is 0 Å². The second-order valence-corrected chi connectivity index (χ2v) is 4.49. The van der Waals surface area contributed by atoms with Gasteiger partial charge in [-0.3, -0.25) is 0 Å². The van der Waals surface area contributed by atoms with Gasteiger partial charge in [0.05, 0.1) is 0 Å². The molecule has 72 valence electrons. The molecule has 1 rings (SSSR count). The minimum absolute atomic E-state index is 0.562. The average molecular weight is 174 g/mol. The molecule has 1 heterocycles. The summed E-state index contributed by atoms with van der Waals surface area (Å²) in [5.41, 5.74) is 3.93. The maximum Gasteiger partial charge on any atom is 0.130 e. The van der Waals surface area contributed by atoms with Crippen LogP contribution in [0.15, 0.2) is 0 Å². The quantitative estimate of drug-likeness (QED) is 0.646. The van der Waals surface area contributed by atoms with Crippen molar-refractivity contribution in [3.05, 3.63) is 0 Å². The summed E-state index contributed by atoms with van der Waals surface area (Å²) in [7, 11) is 2.02.